The predicted molar refractivity (Wildman–Crippen MR) is 66.6 cm³/mol. The molecule has 0 aliphatic carbocycles. The molecule has 0 aliphatic rings. The quantitative estimate of drug-likeness (QED) is 0.829. The van der Waals surface area contributed by atoms with Gasteiger partial charge in [0.1, 0.15) is 5.82 Å². The molecule has 0 fully saturated rings. The molecule has 0 radical (unpaired) electrons. The Morgan fingerprint density at radius 2 is 1.94 bits per heavy atom. The fourth-order valence-electron chi connectivity index (χ4n) is 1.89. The van der Waals surface area contributed by atoms with Crippen molar-refractivity contribution in [1.29, 1.82) is 0 Å². The lowest BCUT2D eigenvalue weighted by Crippen LogP contribution is -2.34. The summed E-state index contributed by atoms with van der Waals surface area (Å²) in [6.45, 7) is 6.07. The highest BCUT2D eigenvalue weighted by atomic mass is 19.1. The molecule has 0 heterocycles. The molecule has 0 spiro atoms. The highest BCUT2D eigenvalue weighted by Crippen LogP contribution is 2.28. The van der Waals surface area contributed by atoms with Crippen molar-refractivity contribution in [2.45, 2.75) is 32.9 Å². The van der Waals surface area contributed by atoms with E-state index in [1.807, 2.05) is 18.7 Å². The third-order valence-corrected chi connectivity index (χ3v) is 2.71. The molecule has 1 atom stereocenters. The first-order valence-corrected chi connectivity index (χ1v) is 5.82. The number of aliphatic hydroxyl groups is 2. The molecule has 96 valence electrons. The molecule has 0 saturated carbocycles. The highest BCUT2D eigenvalue weighted by Gasteiger charge is 2.17. The number of nitrogens with zero attached hydrogens (tertiary/aromatic N) is 1. The van der Waals surface area contributed by atoms with Crippen LogP contribution in [0.15, 0.2) is 18.2 Å². The van der Waals surface area contributed by atoms with Gasteiger partial charge in [0.25, 0.3) is 0 Å². The molecular weight excluding hydrogens is 221 g/mol. The van der Waals surface area contributed by atoms with Gasteiger partial charge in [-0.05, 0) is 39.0 Å². The van der Waals surface area contributed by atoms with E-state index >= 15 is 0 Å². The van der Waals surface area contributed by atoms with Crippen molar-refractivity contribution < 1.29 is 14.6 Å². The van der Waals surface area contributed by atoms with Crippen molar-refractivity contribution in [3.05, 3.63) is 29.6 Å². The number of aliphatic hydroxyl groups excluding tert-OH is 2. The van der Waals surface area contributed by atoms with Gasteiger partial charge in [-0.15, -0.1) is 0 Å². The molecule has 1 rings (SSSR count). The minimum Gasteiger partial charge on any atom is -0.395 e. The van der Waals surface area contributed by atoms with Crippen LogP contribution in [0.25, 0.3) is 0 Å². The standard InChI is InChI=1S/C13H20FNO2/c1-9(2)15(6-7-16)13-5-4-11(14)8-12(13)10(3)17/h4-5,8-10,16-17H,6-7H2,1-3H3. The van der Waals surface area contributed by atoms with Crippen LogP contribution in [0, 0.1) is 5.82 Å². The maximum absolute atomic E-state index is 13.2. The van der Waals surface area contributed by atoms with E-state index in [1.165, 1.54) is 12.1 Å². The lowest BCUT2D eigenvalue weighted by Gasteiger charge is -2.31. The second-order valence-electron chi connectivity index (χ2n) is 4.39. The van der Waals surface area contributed by atoms with E-state index in [4.69, 9.17) is 5.11 Å². The Bertz CT molecular complexity index is 366. The van der Waals surface area contributed by atoms with Crippen LogP contribution < -0.4 is 4.90 Å². The fraction of sp³-hybridized carbons (Fsp3) is 0.538. The molecule has 0 saturated heterocycles. The molecule has 0 aliphatic heterocycles. The van der Waals surface area contributed by atoms with E-state index < -0.39 is 6.10 Å². The van der Waals surface area contributed by atoms with Gasteiger partial charge < -0.3 is 15.1 Å². The van der Waals surface area contributed by atoms with E-state index in [2.05, 4.69) is 0 Å². The number of benzene rings is 1. The van der Waals surface area contributed by atoms with Gasteiger partial charge in [0, 0.05) is 23.8 Å². The van der Waals surface area contributed by atoms with Gasteiger partial charge in [0.15, 0.2) is 0 Å². The number of hydrogen-bond donors (Lipinski definition) is 2. The summed E-state index contributed by atoms with van der Waals surface area (Å²) in [6, 6.07) is 4.53. The van der Waals surface area contributed by atoms with Crippen molar-refractivity contribution in [1.82, 2.24) is 0 Å². The third kappa shape index (κ3) is 3.41. The van der Waals surface area contributed by atoms with Crippen molar-refractivity contribution in [2.24, 2.45) is 0 Å². The minimum absolute atomic E-state index is 0.0226. The number of anilines is 1. The van der Waals surface area contributed by atoms with Gasteiger partial charge in [-0.3, -0.25) is 0 Å². The molecule has 0 aromatic heterocycles. The molecule has 1 aromatic carbocycles. The molecule has 0 amide bonds. The van der Waals surface area contributed by atoms with E-state index in [1.54, 1.807) is 13.0 Å². The van der Waals surface area contributed by atoms with Crippen LogP contribution in [-0.2, 0) is 0 Å². The summed E-state index contributed by atoms with van der Waals surface area (Å²) in [5.74, 6) is -0.364. The summed E-state index contributed by atoms with van der Waals surface area (Å²) in [7, 11) is 0. The molecular formula is C13H20FNO2. The Labute approximate surface area is 101 Å². The van der Waals surface area contributed by atoms with Crippen LogP contribution in [0.4, 0.5) is 10.1 Å². The molecule has 1 aromatic rings. The van der Waals surface area contributed by atoms with E-state index in [0.717, 1.165) is 5.69 Å². The zero-order valence-electron chi connectivity index (χ0n) is 10.5. The third-order valence-electron chi connectivity index (χ3n) is 2.71. The maximum atomic E-state index is 13.2. The Balaban J connectivity index is 3.17. The zero-order valence-corrected chi connectivity index (χ0v) is 10.5. The van der Waals surface area contributed by atoms with Crippen LogP contribution >= 0.6 is 0 Å². The summed E-state index contributed by atoms with van der Waals surface area (Å²) < 4.78 is 13.2. The van der Waals surface area contributed by atoms with Crippen LogP contribution in [0.3, 0.4) is 0 Å². The second-order valence-corrected chi connectivity index (χ2v) is 4.39. The minimum atomic E-state index is -0.736. The number of rotatable bonds is 5. The fourth-order valence-corrected chi connectivity index (χ4v) is 1.89. The lowest BCUT2D eigenvalue weighted by molar-refractivity contribution is 0.199. The molecule has 4 heteroatoms. The summed E-state index contributed by atoms with van der Waals surface area (Å²) >= 11 is 0. The molecule has 2 N–H and O–H groups in total. The summed E-state index contributed by atoms with van der Waals surface area (Å²) in [4.78, 5) is 1.95. The first kappa shape index (κ1) is 13.9. The molecule has 0 bridgehead atoms. The van der Waals surface area contributed by atoms with Gasteiger partial charge in [-0.25, -0.2) is 4.39 Å². The van der Waals surface area contributed by atoms with Crippen LogP contribution in [0.5, 0.6) is 0 Å². The second kappa shape index (κ2) is 5.98. The van der Waals surface area contributed by atoms with Crippen LogP contribution in [0.1, 0.15) is 32.4 Å². The largest absolute Gasteiger partial charge is 0.395 e. The van der Waals surface area contributed by atoms with Crippen LogP contribution in [0.2, 0.25) is 0 Å². The Kier molecular flexibility index (Phi) is 4.90. The van der Waals surface area contributed by atoms with E-state index in [0.29, 0.717) is 12.1 Å². The van der Waals surface area contributed by atoms with E-state index in [9.17, 15) is 9.50 Å². The van der Waals surface area contributed by atoms with Crippen molar-refractivity contribution >= 4 is 5.69 Å². The van der Waals surface area contributed by atoms with Crippen molar-refractivity contribution in [3.8, 4) is 0 Å². The predicted octanol–water partition coefficient (Wildman–Crippen LogP) is 2.09. The summed E-state index contributed by atoms with van der Waals surface area (Å²) in [6.07, 6.45) is -0.736. The van der Waals surface area contributed by atoms with Crippen molar-refractivity contribution in [3.63, 3.8) is 0 Å². The first-order chi connectivity index (χ1) is 7.97. The smallest absolute Gasteiger partial charge is 0.123 e. The van der Waals surface area contributed by atoms with Gasteiger partial charge in [0.2, 0.25) is 0 Å². The molecule has 1 unspecified atom stereocenters. The zero-order chi connectivity index (χ0) is 13.0. The number of hydrogen-bond acceptors (Lipinski definition) is 3. The lowest BCUT2D eigenvalue weighted by atomic mass is 10.1. The van der Waals surface area contributed by atoms with Crippen molar-refractivity contribution in [2.75, 3.05) is 18.1 Å². The summed E-state index contributed by atoms with van der Waals surface area (Å²) in [5, 5.41) is 18.7. The average molecular weight is 241 g/mol. The normalized spacial score (nSPS) is 12.9. The highest BCUT2D eigenvalue weighted by molar-refractivity contribution is 5.55. The number of halogens is 1. The molecule has 3 nitrogen and oxygen atoms in total. The Morgan fingerprint density at radius 1 is 1.29 bits per heavy atom. The van der Waals surface area contributed by atoms with Gasteiger partial charge >= 0.3 is 0 Å². The monoisotopic (exact) mass is 241 g/mol. The van der Waals surface area contributed by atoms with Crippen LogP contribution in [-0.4, -0.2) is 29.4 Å². The molecule has 17 heavy (non-hydrogen) atoms. The summed E-state index contributed by atoms with van der Waals surface area (Å²) in [5.41, 5.74) is 1.32. The van der Waals surface area contributed by atoms with Gasteiger partial charge in [0.05, 0.1) is 12.7 Å². The van der Waals surface area contributed by atoms with Gasteiger partial charge in [-0.2, -0.15) is 0 Å². The average Bonchev–Trinajstić information content (AvgIpc) is 2.26. The Hall–Kier alpha value is -1.13. The van der Waals surface area contributed by atoms with Gasteiger partial charge in [-0.1, -0.05) is 0 Å². The topological polar surface area (TPSA) is 43.7 Å². The van der Waals surface area contributed by atoms with E-state index in [-0.39, 0.29) is 18.5 Å². The SMILES string of the molecule is CC(O)c1cc(F)ccc1N(CCO)C(C)C. The first-order valence-electron chi connectivity index (χ1n) is 5.82. The Morgan fingerprint density at radius 3 is 2.41 bits per heavy atom. The maximum Gasteiger partial charge on any atom is 0.123 e.